The molecule has 0 heterocycles. The summed E-state index contributed by atoms with van der Waals surface area (Å²) in [6.45, 7) is 0. The third-order valence-corrected chi connectivity index (χ3v) is 12.2. The van der Waals surface area contributed by atoms with Crippen molar-refractivity contribution in [1.82, 2.24) is 0 Å². The first-order valence-corrected chi connectivity index (χ1v) is 16.0. The maximum atomic E-state index is 2.44. The van der Waals surface area contributed by atoms with Gasteiger partial charge in [-0.1, -0.05) is 101 Å². The Morgan fingerprint density at radius 3 is 1.27 bits per heavy atom. The summed E-state index contributed by atoms with van der Waals surface area (Å²) < 4.78 is 0. The Morgan fingerprint density at radius 2 is 0.865 bits per heavy atom. The average molecular weight is 513 g/mol. The number of rotatable bonds is 7. The van der Waals surface area contributed by atoms with Gasteiger partial charge in [0.2, 0.25) is 0 Å². The van der Waals surface area contributed by atoms with Crippen molar-refractivity contribution in [2.24, 2.45) is 0 Å². The Morgan fingerprint density at radius 1 is 0.486 bits per heavy atom. The lowest BCUT2D eigenvalue weighted by atomic mass is 9.96. The number of hydrogen-bond donors (Lipinski definition) is 0. The second-order valence-electron chi connectivity index (χ2n) is 11.5. The molecule has 2 aliphatic rings. The van der Waals surface area contributed by atoms with Crippen LogP contribution in [-0.2, 0) is 0 Å². The first-order chi connectivity index (χ1) is 18.1. The van der Waals surface area contributed by atoms with Crippen LogP contribution < -0.4 is 15.1 Å². The molecule has 3 heteroatoms. The van der Waals surface area contributed by atoms with E-state index in [9.17, 15) is 0 Å². The molecule has 0 amide bonds. The van der Waals surface area contributed by atoms with Crippen molar-refractivity contribution in [2.75, 3.05) is 38.0 Å². The van der Waals surface area contributed by atoms with Crippen LogP contribution in [0, 0.1) is 0 Å². The fraction of sp³-hybridized carbons (Fsp3) is 0.471. The summed E-state index contributed by atoms with van der Waals surface area (Å²) in [6.07, 6.45) is 14.2. The molecule has 0 unspecified atom stereocenters. The highest BCUT2D eigenvalue weighted by Crippen LogP contribution is 2.58. The predicted octanol–water partition coefficient (Wildman–Crippen LogP) is 8.93. The quantitative estimate of drug-likeness (QED) is 0.292. The minimum atomic E-state index is -0.281. The van der Waals surface area contributed by atoms with E-state index in [1.54, 1.807) is 5.30 Å². The van der Waals surface area contributed by atoms with Crippen molar-refractivity contribution in [3.05, 3.63) is 66.7 Å². The van der Waals surface area contributed by atoms with Crippen LogP contribution in [0.4, 0.5) is 11.4 Å². The van der Waals surface area contributed by atoms with E-state index < -0.39 is 0 Å². The predicted molar refractivity (Wildman–Crippen MR) is 166 cm³/mol. The smallest absolute Gasteiger partial charge is 0.0440 e. The molecule has 0 aromatic heterocycles. The summed E-state index contributed by atoms with van der Waals surface area (Å²) in [7, 11) is 8.48. The maximum absolute atomic E-state index is 2.44. The number of nitrogens with zero attached hydrogens (tertiary/aromatic N) is 2. The van der Waals surface area contributed by atoms with Gasteiger partial charge in [0.15, 0.2) is 0 Å². The molecule has 2 nitrogen and oxygen atoms in total. The molecule has 2 saturated carbocycles. The van der Waals surface area contributed by atoms with Crippen molar-refractivity contribution in [3.63, 3.8) is 0 Å². The van der Waals surface area contributed by atoms with Gasteiger partial charge in [-0.2, -0.15) is 0 Å². The summed E-state index contributed by atoms with van der Waals surface area (Å²) >= 11 is 0. The molecule has 0 spiro atoms. The fourth-order valence-corrected chi connectivity index (χ4v) is 10.9. The first-order valence-electron chi connectivity index (χ1n) is 14.5. The van der Waals surface area contributed by atoms with Crippen LogP contribution in [0.1, 0.15) is 64.2 Å². The molecule has 0 radical (unpaired) electrons. The number of hydrogen-bond acceptors (Lipinski definition) is 2. The fourth-order valence-electron chi connectivity index (χ4n) is 6.82. The molecule has 37 heavy (non-hydrogen) atoms. The standard InChI is InChI=1S/C34H45N2P/c1-35(2)32-24-13-11-20-28(32)30-22-15-23-31(29-21-12-14-25-33(29)36(3)4)34(30)37(26-16-7-5-8-17-26)27-18-9-6-10-19-27/h11-15,20-27H,5-10,16-19H2,1-4H3. The van der Waals surface area contributed by atoms with Gasteiger partial charge in [0.05, 0.1) is 0 Å². The zero-order valence-corrected chi connectivity index (χ0v) is 24.3. The van der Waals surface area contributed by atoms with Gasteiger partial charge in [-0.05, 0) is 65.6 Å². The van der Waals surface area contributed by atoms with Gasteiger partial charge in [0, 0.05) is 50.7 Å². The van der Waals surface area contributed by atoms with Crippen LogP contribution in [0.3, 0.4) is 0 Å². The Balaban J connectivity index is 1.80. The van der Waals surface area contributed by atoms with E-state index in [4.69, 9.17) is 0 Å². The molecule has 0 aliphatic heterocycles. The van der Waals surface area contributed by atoms with Crippen LogP contribution in [0.25, 0.3) is 22.3 Å². The van der Waals surface area contributed by atoms with Crippen molar-refractivity contribution >= 4 is 24.6 Å². The molecule has 0 N–H and O–H groups in total. The third kappa shape index (κ3) is 5.61. The maximum Gasteiger partial charge on any atom is 0.0440 e. The highest BCUT2D eigenvalue weighted by molar-refractivity contribution is 7.67. The third-order valence-electron chi connectivity index (χ3n) is 8.58. The van der Waals surface area contributed by atoms with E-state index in [-0.39, 0.29) is 7.92 Å². The lowest BCUT2D eigenvalue weighted by Crippen LogP contribution is -2.28. The van der Waals surface area contributed by atoms with Crippen molar-refractivity contribution in [2.45, 2.75) is 75.5 Å². The van der Waals surface area contributed by atoms with Gasteiger partial charge < -0.3 is 9.80 Å². The molecule has 3 aromatic rings. The molecule has 2 aliphatic carbocycles. The van der Waals surface area contributed by atoms with Gasteiger partial charge in [-0.3, -0.25) is 0 Å². The average Bonchev–Trinajstić information content (AvgIpc) is 2.94. The molecule has 3 aromatic carbocycles. The molecule has 0 saturated heterocycles. The highest BCUT2D eigenvalue weighted by Gasteiger charge is 2.36. The van der Waals surface area contributed by atoms with Gasteiger partial charge in [0.1, 0.15) is 0 Å². The topological polar surface area (TPSA) is 6.48 Å². The number of benzene rings is 3. The van der Waals surface area contributed by atoms with E-state index in [0.717, 1.165) is 11.3 Å². The van der Waals surface area contributed by atoms with Crippen molar-refractivity contribution in [3.8, 4) is 22.3 Å². The lowest BCUT2D eigenvalue weighted by molar-refractivity contribution is 0.487. The monoisotopic (exact) mass is 512 g/mol. The summed E-state index contributed by atoms with van der Waals surface area (Å²) in [5, 5.41) is 1.69. The first kappa shape index (κ1) is 26.3. The van der Waals surface area contributed by atoms with E-state index in [2.05, 4.69) is 105 Å². The molecule has 0 bridgehead atoms. The van der Waals surface area contributed by atoms with Crippen LogP contribution in [0.2, 0.25) is 0 Å². The molecule has 0 atom stereocenters. The zero-order chi connectivity index (χ0) is 25.8. The molecular weight excluding hydrogens is 467 g/mol. The van der Waals surface area contributed by atoms with Gasteiger partial charge >= 0.3 is 0 Å². The van der Waals surface area contributed by atoms with Crippen molar-refractivity contribution in [1.29, 1.82) is 0 Å². The van der Waals surface area contributed by atoms with Gasteiger partial charge in [-0.25, -0.2) is 0 Å². The van der Waals surface area contributed by atoms with E-state index in [1.165, 1.54) is 97.8 Å². The minimum Gasteiger partial charge on any atom is -0.377 e. The van der Waals surface area contributed by atoms with Gasteiger partial charge in [0.25, 0.3) is 0 Å². The molecular formula is C34H45N2P. The summed E-state index contributed by atoms with van der Waals surface area (Å²) in [4.78, 5) is 4.59. The summed E-state index contributed by atoms with van der Waals surface area (Å²) in [6, 6.07) is 25.4. The second-order valence-corrected chi connectivity index (χ2v) is 14.2. The lowest BCUT2D eigenvalue weighted by Gasteiger charge is -2.41. The Hall–Kier alpha value is -2.31. The normalized spacial score (nSPS) is 17.2. The Labute approximate surface area is 226 Å². The van der Waals surface area contributed by atoms with E-state index in [0.29, 0.717) is 0 Å². The number of para-hydroxylation sites is 2. The number of anilines is 2. The molecule has 196 valence electrons. The van der Waals surface area contributed by atoms with Crippen LogP contribution in [0.15, 0.2) is 66.7 Å². The van der Waals surface area contributed by atoms with Gasteiger partial charge in [-0.15, -0.1) is 0 Å². The van der Waals surface area contributed by atoms with E-state index in [1.807, 2.05) is 0 Å². The second kappa shape index (κ2) is 12.0. The Bertz CT molecular complexity index is 1080. The van der Waals surface area contributed by atoms with Crippen LogP contribution >= 0.6 is 7.92 Å². The minimum absolute atomic E-state index is 0.281. The van der Waals surface area contributed by atoms with Crippen LogP contribution in [0.5, 0.6) is 0 Å². The van der Waals surface area contributed by atoms with Crippen LogP contribution in [-0.4, -0.2) is 39.5 Å². The largest absolute Gasteiger partial charge is 0.377 e. The summed E-state index contributed by atoms with van der Waals surface area (Å²) in [5.74, 6) is 0. The molecule has 5 rings (SSSR count). The van der Waals surface area contributed by atoms with Crippen molar-refractivity contribution < 1.29 is 0 Å². The zero-order valence-electron chi connectivity index (χ0n) is 23.4. The van der Waals surface area contributed by atoms with E-state index >= 15 is 0 Å². The SMILES string of the molecule is CN(C)c1ccccc1-c1cccc(-c2ccccc2N(C)C)c1P(C1CCCCC1)C1CCCCC1. The summed E-state index contributed by atoms with van der Waals surface area (Å²) in [5.41, 5.74) is 10.1. The Kier molecular flexibility index (Phi) is 8.56. The molecule has 2 fully saturated rings. The highest BCUT2D eigenvalue weighted by atomic mass is 31.1.